The Labute approximate surface area is 115 Å². The van der Waals surface area contributed by atoms with Gasteiger partial charge in [-0.25, -0.2) is 0 Å². The molecule has 6 nitrogen and oxygen atoms in total. The first kappa shape index (κ1) is 18.3. The minimum absolute atomic E-state index is 0.224. The Hall–Kier alpha value is -0.690. The van der Waals surface area contributed by atoms with Crippen molar-refractivity contribution in [2.75, 3.05) is 47.3 Å². The lowest BCUT2D eigenvalue weighted by atomic mass is 10.2. The van der Waals surface area contributed by atoms with Gasteiger partial charge in [-0.2, -0.15) is 0 Å². The smallest absolute Gasteiger partial charge is 0.322 e. The van der Waals surface area contributed by atoms with E-state index >= 15 is 0 Å². The molecule has 19 heavy (non-hydrogen) atoms. The summed E-state index contributed by atoms with van der Waals surface area (Å²) in [5, 5.41) is 3.15. The van der Waals surface area contributed by atoms with Crippen molar-refractivity contribution < 1.29 is 23.7 Å². The first-order valence-corrected chi connectivity index (χ1v) is 6.60. The van der Waals surface area contributed by atoms with Gasteiger partial charge < -0.3 is 24.3 Å². The summed E-state index contributed by atoms with van der Waals surface area (Å²) in [5.41, 5.74) is 0. The molecule has 0 fully saturated rings. The lowest BCUT2D eigenvalue weighted by Gasteiger charge is -2.18. The molecule has 6 heteroatoms. The zero-order valence-corrected chi connectivity index (χ0v) is 12.4. The van der Waals surface area contributed by atoms with Gasteiger partial charge in [0.15, 0.2) is 0 Å². The summed E-state index contributed by atoms with van der Waals surface area (Å²) in [6.07, 6.45) is 0.586. The van der Waals surface area contributed by atoms with Crippen LogP contribution in [-0.4, -0.2) is 65.3 Å². The molecule has 0 bridgehead atoms. The van der Waals surface area contributed by atoms with Crippen LogP contribution >= 0.6 is 0 Å². The van der Waals surface area contributed by atoms with Crippen LogP contribution in [-0.2, 0) is 23.7 Å². The predicted molar refractivity (Wildman–Crippen MR) is 72.2 cm³/mol. The first-order valence-electron chi connectivity index (χ1n) is 6.60. The Morgan fingerprint density at radius 1 is 1.00 bits per heavy atom. The highest BCUT2D eigenvalue weighted by atomic mass is 16.5. The molecule has 0 saturated heterocycles. The van der Waals surface area contributed by atoms with Crippen LogP contribution in [0, 0.1) is 0 Å². The van der Waals surface area contributed by atoms with Crippen molar-refractivity contribution in [1.29, 1.82) is 0 Å². The standard InChI is InChI=1S/C13H27NO5/c1-11(2)14-12(13(15)17-4)5-6-18-9-10-19-8-7-16-3/h11-12,14H,5-10H2,1-4H3. The van der Waals surface area contributed by atoms with Gasteiger partial charge in [0, 0.05) is 19.8 Å². The number of hydrogen-bond donors (Lipinski definition) is 1. The highest BCUT2D eigenvalue weighted by Crippen LogP contribution is 1.98. The summed E-state index contributed by atoms with van der Waals surface area (Å²) in [6, 6.07) is -0.0964. The number of carbonyl (C=O) groups is 1. The molecule has 0 aromatic carbocycles. The minimum atomic E-state index is -0.320. The van der Waals surface area contributed by atoms with Crippen molar-refractivity contribution in [3.05, 3.63) is 0 Å². The molecule has 0 spiro atoms. The predicted octanol–water partition coefficient (Wildman–Crippen LogP) is 0.596. The van der Waals surface area contributed by atoms with E-state index in [9.17, 15) is 4.79 Å². The third kappa shape index (κ3) is 10.9. The monoisotopic (exact) mass is 277 g/mol. The van der Waals surface area contributed by atoms with E-state index in [1.807, 2.05) is 13.8 Å². The van der Waals surface area contributed by atoms with Crippen LogP contribution in [0.3, 0.4) is 0 Å². The van der Waals surface area contributed by atoms with E-state index in [2.05, 4.69) is 5.32 Å². The van der Waals surface area contributed by atoms with Gasteiger partial charge in [0.25, 0.3) is 0 Å². The molecule has 0 aromatic rings. The SMILES string of the molecule is COCCOCCOCCC(NC(C)C)C(=O)OC. The van der Waals surface area contributed by atoms with E-state index in [1.165, 1.54) is 7.11 Å². The van der Waals surface area contributed by atoms with Crippen LogP contribution in [0.25, 0.3) is 0 Å². The van der Waals surface area contributed by atoms with Crippen molar-refractivity contribution in [2.45, 2.75) is 32.4 Å². The van der Waals surface area contributed by atoms with Gasteiger partial charge in [-0.1, -0.05) is 13.8 Å². The van der Waals surface area contributed by atoms with Gasteiger partial charge in [-0.3, -0.25) is 4.79 Å². The second-order valence-electron chi connectivity index (χ2n) is 4.40. The number of ether oxygens (including phenoxy) is 4. The number of rotatable bonds is 12. The minimum Gasteiger partial charge on any atom is -0.468 e. The largest absolute Gasteiger partial charge is 0.468 e. The lowest BCUT2D eigenvalue weighted by Crippen LogP contribution is -2.42. The molecule has 1 unspecified atom stereocenters. The van der Waals surface area contributed by atoms with Crippen LogP contribution in [0.15, 0.2) is 0 Å². The number of nitrogens with one attached hydrogen (secondary N) is 1. The van der Waals surface area contributed by atoms with Gasteiger partial charge >= 0.3 is 5.97 Å². The molecular formula is C13H27NO5. The van der Waals surface area contributed by atoms with Crippen molar-refractivity contribution >= 4 is 5.97 Å². The summed E-state index contributed by atoms with van der Waals surface area (Å²) in [6.45, 7) is 6.67. The van der Waals surface area contributed by atoms with Gasteiger partial charge in [-0.15, -0.1) is 0 Å². The Morgan fingerprint density at radius 3 is 2.11 bits per heavy atom. The molecule has 0 heterocycles. The maximum Gasteiger partial charge on any atom is 0.322 e. The summed E-state index contributed by atoms with van der Waals surface area (Å²) in [5.74, 6) is -0.256. The first-order chi connectivity index (χ1) is 9.11. The molecule has 114 valence electrons. The molecule has 0 radical (unpaired) electrons. The van der Waals surface area contributed by atoms with Crippen LogP contribution in [0.4, 0.5) is 0 Å². The van der Waals surface area contributed by atoms with E-state index in [1.54, 1.807) is 7.11 Å². The van der Waals surface area contributed by atoms with E-state index in [0.29, 0.717) is 39.5 Å². The van der Waals surface area contributed by atoms with Gasteiger partial charge in [0.1, 0.15) is 6.04 Å². The topological polar surface area (TPSA) is 66.0 Å². The molecule has 1 N–H and O–H groups in total. The molecule has 0 amide bonds. The molecule has 0 aliphatic carbocycles. The maximum atomic E-state index is 11.5. The maximum absolute atomic E-state index is 11.5. The highest BCUT2D eigenvalue weighted by molar-refractivity contribution is 5.75. The van der Waals surface area contributed by atoms with E-state index in [-0.39, 0.29) is 18.1 Å². The molecule has 0 saturated carbocycles. The van der Waals surface area contributed by atoms with Crippen LogP contribution < -0.4 is 5.32 Å². The third-order valence-corrected chi connectivity index (χ3v) is 2.37. The summed E-state index contributed by atoms with van der Waals surface area (Å²) in [7, 11) is 3.02. The van der Waals surface area contributed by atoms with E-state index in [4.69, 9.17) is 18.9 Å². The molecule has 0 aromatic heterocycles. The Morgan fingerprint density at radius 2 is 1.58 bits per heavy atom. The zero-order chi connectivity index (χ0) is 14.5. The van der Waals surface area contributed by atoms with Crippen molar-refractivity contribution in [3.63, 3.8) is 0 Å². The second kappa shape index (κ2) is 12.3. The normalized spacial score (nSPS) is 12.7. The average molecular weight is 277 g/mol. The van der Waals surface area contributed by atoms with Gasteiger partial charge in [0.2, 0.25) is 0 Å². The fourth-order valence-corrected chi connectivity index (χ4v) is 1.48. The molecule has 1 atom stereocenters. The van der Waals surface area contributed by atoms with Gasteiger partial charge in [0.05, 0.1) is 33.5 Å². The summed E-state index contributed by atoms with van der Waals surface area (Å²) < 4.78 is 20.3. The van der Waals surface area contributed by atoms with Crippen molar-refractivity contribution in [3.8, 4) is 0 Å². The van der Waals surface area contributed by atoms with Crippen LogP contribution in [0.1, 0.15) is 20.3 Å². The quantitative estimate of drug-likeness (QED) is 0.416. The summed E-state index contributed by atoms with van der Waals surface area (Å²) >= 11 is 0. The fraction of sp³-hybridized carbons (Fsp3) is 0.923. The zero-order valence-electron chi connectivity index (χ0n) is 12.4. The number of hydrogen-bond acceptors (Lipinski definition) is 6. The molecule has 0 aliphatic heterocycles. The Balaban J connectivity index is 3.61. The Bertz CT molecular complexity index is 223. The second-order valence-corrected chi connectivity index (χ2v) is 4.40. The highest BCUT2D eigenvalue weighted by Gasteiger charge is 2.19. The average Bonchev–Trinajstić information content (AvgIpc) is 2.39. The lowest BCUT2D eigenvalue weighted by molar-refractivity contribution is -0.143. The van der Waals surface area contributed by atoms with Gasteiger partial charge in [-0.05, 0) is 6.42 Å². The fourth-order valence-electron chi connectivity index (χ4n) is 1.48. The number of esters is 1. The van der Waals surface area contributed by atoms with Crippen LogP contribution in [0.2, 0.25) is 0 Å². The number of carbonyl (C=O) groups excluding carboxylic acids is 1. The molecule has 0 aliphatic rings. The summed E-state index contributed by atoms with van der Waals surface area (Å²) in [4.78, 5) is 11.5. The molecule has 0 rings (SSSR count). The third-order valence-electron chi connectivity index (χ3n) is 2.37. The van der Waals surface area contributed by atoms with E-state index in [0.717, 1.165) is 0 Å². The number of methoxy groups -OCH3 is 2. The van der Waals surface area contributed by atoms with Crippen molar-refractivity contribution in [2.24, 2.45) is 0 Å². The van der Waals surface area contributed by atoms with E-state index < -0.39 is 0 Å². The Kier molecular flexibility index (Phi) is 11.9. The van der Waals surface area contributed by atoms with Crippen LogP contribution in [0.5, 0.6) is 0 Å². The molecular weight excluding hydrogens is 250 g/mol. The van der Waals surface area contributed by atoms with Crippen molar-refractivity contribution in [1.82, 2.24) is 5.32 Å².